The molecule has 0 saturated carbocycles. The maximum atomic E-state index is 11.1. The summed E-state index contributed by atoms with van der Waals surface area (Å²) in [5.74, 6) is -1.66. The van der Waals surface area contributed by atoms with E-state index < -0.39 is 21.6 Å². The van der Waals surface area contributed by atoms with E-state index in [0.29, 0.717) is 6.42 Å². The summed E-state index contributed by atoms with van der Waals surface area (Å²) in [5.41, 5.74) is 0. The van der Waals surface area contributed by atoms with Gasteiger partial charge in [0.05, 0.1) is 18.4 Å². The number of nitriles is 1. The lowest BCUT2D eigenvalue weighted by atomic mass is 10.5. The first-order valence-electron chi connectivity index (χ1n) is 4.25. The topological polar surface area (TPSA) is 84.2 Å². The Balaban J connectivity index is 3.97. The standard InChI is InChI=1S/C8H13NO4S/c1-2-5-13-8(10)7-14(11,12)6-3-4-9/h2-3,5-7H2,1H3. The zero-order chi connectivity index (χ0) is 11.0. The van der Waals surface area contributed by atoms with E-state index in [1.54, 1.807) is 6.07 Å². The Morgan fingerprint density at radius 1 is 1.50 bits per heavy atom. The van der Waals surface area contributed by atoms with E-state index in [2.05, 4.69) is 4.74 Å². The molecule has 0 bridgehead atoms. The van der Waals surface area contributed by atoms with Crippen molar-refractivity contribution in [2.45, 2.75) is 19.8 Å². The van der Waals surface area contributed by atoms with Crippen molar-refractivity contribution in [3.8, 4) is 6.07 Å². The van der Waals surface area contributed by atoms with Crippen LogP contribution in [0.25, 0.3) is 0 Å². The molecule has 0 rings (SSSR count). The van der Waals surface area contributed by atoms with Gasteiger partial charge in [-0.3, -0.25) is 4.79 Å². The second-order valence-corrected chi connectivity index (χ2v) is 4.90. The molecule has 5 nitrogen and oxygen atoms in total. The molecule has 0 aliphatic rings. The van der Waals surface area contributed by atoms with E-state index in [9.17, 15) is 13.2 Å². The molecular formula is C8H13NO4S. The van der Waals surface area contributed by atoms with Crippen LogP contribution >= 0.6 is 0 Å². The summed E-state index contributed by atoms with van der Waals surface area (Å²) in [6.07, 6.45) is 0.563. The summed E-state index contributed by atoms with van der Waals surface area (Å²) in [5, 5.41) is 8.17. The van der Waals surface area contributed by atoms with Crippen molar-refractivity contribution in [2.75, 3.05) is 18.1 Å². The van der Waals surface area contributed by atoms with Crippen molar-refractivity contribution < 1.29 is 17.9 Å². The van der Waals surface area contributed by atoms with E-state index in [1.165, 1.54) is 0 Å². The fourth-order valence-electron chi connectivity index (χ4n) is 0.710. The minimum atomic E-state index is -3.47. The van der Waals surface area contributed by atoms with Crippen LogP contribution in [0.4, 0.5) is 0 Å². The highest BCUT2D eigenvalue weighted by Crippen LogP contribution is 1.95. The molecule has 0 aromatic carbocycles. The number of hydrogen-bond donors (Lipinski definition) is 0. The van der Waals surface area contributed by atoms with Gasteiger partial charge in [-0.1, -0.05) is 6.92 Å². The highest BCUT2D eigenvalue weighted by Gasteiger charge is 2.16. The molecule has 0 atom stereocenters. The minimum Gasteiger partial charge on any atom is -0.465 e. The van der Waals surface area contributed by atoms with Crippen LogP contribution in [0.5, 0.6) is 0 Å². The molecule has 0 radical (unpaired) electrons. The zero-order valence-corrected chi connectivity index (χ0v) is 8.84. The van der Waals surface area contributed by atoms with Gasteiger partial charge in [0.25, 0.3) is 0 Å². The SMILES string of the molecule is CCCOC(=O)CS(=O)(=O)CCC#N. The van der Waals surface area contributed by atoms with Gasteiger partial charge in [-0.15, -0.1) is 0 Å². The minimum absolute atomic E-state index is 0.0939. The van der Waals surface area contributed by atoms with Crippen LogP contribution in [0.2, 0.25) is 0 Å². The number of hydrogen-bond acceptors (Lipinski definition) is 5. The maximum Gasteiger partial charge on any atom is 0.321 e. The lowest BCUT2D eigenvalue weighted by Gasteiger charge is -2.02. The van der Waals surface area contributed by atoms with Gasteiger partial charge in [-0.25, -0.2) is 8.42 Å². The molecule has 0 N–H and O–H groups in total. The number of ether oxygens (including phenoxy) is 1. The first-order chi connectivity index (χ1) is 6.52. The molecule has 0 aliphatic carbocycles. The lowest BCUT2D eigenvalue weighted by molar-refractivity contribution is -0.140. The number of carbonyl (C=O) groups is 1. The van der Waals surface area contributed by atoms with Gasteiger partial charge in [-0.05, 0) is 6.42 Å². The van der Waals surface area contributed by atoms with Crippen molar-refractivity contribution in [1.82, 2.24) is 0 Å². The molecule has 0 aromatic rings. The van der Waals surface area contributed by atoms with E-state index in [0.717, 1.165) is 0 Å². The molecule has 80 valence electrons. The molecule has 0 saturated heterocycles. The Kier molecular flexibility index (Phi) is 5.88. The van der Waals surface area contributed by atoms with Crippen LogP contribution in [0.1, 0.15) is 19.8 Å². The molecule has 6 heteroatoms. The second kappa shape index (κ2) is 6.38. The van der Waals surface area contributed by atoms with E-state index >= 15 is 0 Å². The van der Waals surface area contributed by atoms with Crippen molar-refractivity contribution in [2.24, 2.45) is 0 Å². The van der Waals surface area contributed by atoms with Crippen molar-refractivity contribution in [3.05, 3.63) is 0 Å². The molecule has 14 heavy (non-hydrogen) atoms. The molecular weight excluding hydrogens is 206 g/mol. The quantitative estimate of drug-likeness (QED) is 0.598. The Morgan fingerprint density at radius 3 is 2.64 bits per heavy atom. The van der Waals surface area contributed by atoms with Crippen molar-refractivity contribution in [1.29, 1.82) is 5.26 Å². The van der Waals surface area contributed by atoms with Gasteiger partial charge in [0, 0.05) is 6.42 Å². The van der Waals surface area contributed by atoms with Crippen LogP contribution in [0.15, 0.2) is 0 Å². The van der Waals surface area contributed by atoms with Gasteiger partial charge in [0.15, 0.2) is 9.84 Å². The fourth-order valence-corrected chi connectivity index (χ4v) is 1.70. The summed E-state index contributed by atoms with van der Waals surface area (Å²) in [4.78, 5) is 10.9. The fraction of sp³-hybridized carbons (Fsp3) is 0.750. The molecule has 0 fully saturated rings. The van der Waals surface area contributed by atoms with E-state index in [-0.39, 0.29) is 18.8 Å². The highest BCUT2D eigenvalue weighted by molar-refractivity contribution is 7.92. The normalized spacial score (nSPS) is 10.6. The number of rotatable bonds is 6. The second-order valence-electron chi connectivity index (χ2n) is 2.72. The molecule has 0 amide bonds. The van der Waals surface area contributed by atoms with E-state index in [4.69, 9.17) is 5.26 Å². The summed E-state index contributed by atoms with van der Waals surface area (Å²) < 4.78 is 26.8. The molecule has 0 unspecified atom stereocenters. The van der Waals surface area contributed by atoms with Crippen LogP contribution in [-0.4, -0.2) is 32.5 Å². The largest absolute Gasteiger partial charge is 0.465 e. The predicted octanol–water partition coefficient (Wildman–Crippen LogP) is 0.268. The summed E-state index contributed by atoms with van der Waals surface area (Å²) in [7, 11) is -3.47. The van der Waals surface area contributed by atoms with Crippen LogP contribution in [-0.2, 0) is 19.4 Å². The van der Waals surface area contributed by atoms with Crippen molar-refractivity contribution >= 4 is 15.8 Å². The number of esters is 1. The smallest absolute Gasteiger partial charge is 0.321 e. The monoisotopic (exact) mass is 219 g/mol. The van der Waals surface area contributed by atoms with Crippen molar-refractivity contribution in [3.63, 3.8) is 0 Å². The van der Waals surface area contributed by atoms with Gasteiger partial charge >= 0.3 is 5.97 Å². The van der Waals surface area contributed by atoms with Crippen LogP contribution < -0.4 is 0 Å². The molecule has 0 heterocycles. The number of sulfone groups is 1. The Hall–Kier alpha value is -1.09. The number of nitrogens with zero attached hydrogens (tertiary/aromatic N) is 1. The summed E-state index contributed by atoms with van der Waals surface area (Å²) in [6.45, 7) is 2.05. The molecule has 0 spiro atoms. The third kappa shape index (κ3) is 6.43. The van der Waals surface area contributed by atoms with Gasteiger partial charge in [0.1, 0.15) is 5.75 Å². The molecule has 0 aliphatic heterocycles. The van der Waals surface area contributed by atoms with Gasteiger partial charge in [0.2, 0.25) is 0 Å². The third-order valence-electron chi connectivity index (χ3n) is 1.33. The molecule has 0 aromatic heterocycles. The van der Waals surface area contributed by atoms with Gasteiger partial charge < -0.3 is 4.74 Å². The van der Waals surface area contributed by atoms with Crippen LogP contribution in [0, 0.1) is 11.3 Å². The highest BCUT2D eigenvalue weighted by atomic mass is 32.2. The first kappa shape index (κ1) is 12.9. The summed E-state index contributed by atoms with van der Waals surface area (Å²) in [6, 6.07) is 1.71. The third-order valence-corrected chi connectivity index (χ3v) is 2.83. The Bertz CT molecular complexity index is 315. The Morgan fingerprint density at radius 2 is 2.14 bits per heavy atom. The first-order valence-corrected chi connectivity index (χ1v) is 6.07. The zero-order valence-electron chi connectivity index (χ0n) is 8.02. The summed E-state index contributed by atoms with van der Waals surface area (Å²) >= 11 is 0. The number of carbonyl (C=O) groups excluding carboxylic acids is 1. The van der Waals surface area contributed by atoms with Gasteiger partial charge in [-0.2, -0.15) is 5.26 Å². The Labute approximate surface area is 83.6 Å². The van der Waals surface area contributed by atoms with Crippen LogP contribution in [0.3, 0.4) is 0 Å². The average molecular weight is 219 g/mol. The lowest BCUT2D eigenvalue weighted by Crippen LogP contribution is -2.21. The predicted molar refractivity (Wildman–Crippen MR) is 50.1 cm³/mol. The van der Waals surface area contributed by atoms with E-state index in [1.807, 2.05) is 6.92 Å². The maximum absolute atomic E-state index is 11.1. The average Bonchev–Trinajstić information content (AvgIpc) is 2.11.